The number of rotatable bonds is 7. The fraction of sp³-hybridized carbons (Fsp3) is 1.00. The third-order valence-electron chi connectivity index (χ3n) is 2.57. The van der Waals surface area contributed by atoms with Crippen molar-refractivity contribution >= 4 is 17.6 Å². The summed E-state index contributed by atoms with van der Waals surface area (Å²) in [6.07, 6.45) is 1.08. The molecule has 0 rings (SSSR count). The smallest absolute Gasteiger partial charge is 0.164 e. The van der Waals surface area contributed by atoms with Crippen LogP contribution in [0.15, 0.2) is 0 Å². The molecule has 0 aromatic rings. The Labute approximate surface area is 92.2 Å². The van der Waals surface area contributed by atoms with Crippen LogP contribution in [-0.4, -0.2) is 37.6 Å². The monoisotopic (exact) mass is 234 g/mol. The summed E-state index contributed by atoms with van der Waals surface area (Å²) in [5.41, 5.74) is 0. The van der Waals surface area contributed by atoms with E-state index in [1.165, 1.54) is 6.04 Å². The van der Waals surface area contributed by atoms with E-state index in [0.717, 1.165) is 12.5 Å². The highest BCUT2D eigenvalue weighted by Crippen LogP contribution is 2.26. The quantitative estimate of drug-likeness (QED) is 0.497. The average Bonchev–Trinajstić information content (AvgIpc) is 2.11. The topological polar surface area (TPSA) is 18.5 Å². The second-order valence-corrected chi connectivity index (χ2v) is 11.4. The molecule has 0 heterocycles. The molecule has 0 unspecified atom stereocenters. The molecule has 14 heavy (non-hydrogen) atoms. The van der Waals surface area contributed by atoms with Gasteiger partial charge in [0.05, 0.1) is 0 Å². The molecular formula is C10H26O2Si2. The molecule has 0 aromatic carbocycles. The van der Waals surface area contributed by atoms with E-state index < -0.39 is 17.6 Å². The predicted molar refractivity (Wildman–Crippen MR) is 68.7 cm³/mol. The normalized spacial score (nSPS) is 12.9. The third kappa shape index (κ3) is 5.29. The number of ether oxygens (including phenoxy) is 2. The minimum Gasteiger partial charge on any atom is -0.354 e. The van der Waals surface area contributed by atoms with Crippen LogP contribution in [0, 0.1) is 0 Å². The Balaban J connectivity index is 4.21. The lowest BCUT2D eigenvalue weighted by atomic mass is 10.2. The van der Waals surface area contributed by atoms with Gasteiger partial charge in [-0.15, -0.1) is 0 Å². The van der Waals surface area contributed by atoms with Crippen molar-refractivity contribution in [1.29, 1.82) is 0 Å². The van der Waals surface area contributed by atoms with Crippen molar-refractivity contribution in [2.24, 2.45) is 0 Å². The molecule has 0 aliphatic heterocycles. The highest BCUT2D eigenvalue weighted by atomic mass is 28.3. The Hall–Kier alpha value is 0.354. The minimum atomic E-state index is -0.628. The maximum Gasteiger partial charge on any atom is 0.164 e. The van der Waals surface area contributed by atoms with Gasteiger partial charge in [-0.25, -0.2) is 0 Å². The van der Waals surface area contributed by atoms with Crippen LogP contribution >= 0.6 is 0 Å². The molecule has 0 atom stereocenters. The molecular weight excluding hydrogens is 208 g/mol. The van der Waals surface area contributed by atoms with Crippen LogP contribution in [0.4, 0.5) is 0 Å². The lowest BCUT2D eigenvalue weighted by Crippen LogP contribution is -2.37. The van der Waals surface area contributed by atoms with Gasteiger partial charge < -0.3 is 9.47 Å². The molecule has 0 spiro atoms. The first-order valence-electron chi connectivity index (χ1n) is 5.56. The summed E-state index contributed by atoms with van der Waals surface area (Å²) >= 11 is 0. The Morgan fingerprint density at radius 1 is 0.929 bits per heavy atom. The van der Waals surface area contributed by atoms with E-state index in [1.807, 2.05) is 0 Å². The van der Waals surface area contributed by atoms with Gasteiger partial charge in [0.2, 0.25) is 0 Å². The predicted octanol–water partition coefficient (Wildman–Crippen LogP) is 2.34. The summed E-state index contributed by atoms with van der Waals surface area (Å²) in [6, 6.07) is 2.43. The Kier molecular flexibility index (Phi) is 6.94. The molecule has 0 amide bonds. The summed E-state index contributed by atoms with van der Waals surface area (Å²) in [5, 5.41) is 0. The Morgan fingerprint density at radius 2 is 1.43 bits per heavy atom. The Morgan fingerprint density at radius 3 is 1.71 bits per heavy atom. The summed E-state index contributed by atoms with van der Waals surface area (Å²) in [5.74, 6) is -0.266. The van der Waals surface area contributed by atoms with Crippen molar-refractivity contribution < 1.29 is 9.47 Å². The van der Waals surface area contributed by atoms with Crippen LogP contribution in [0.1, 0.15) is 6.42 Å². The summed E-state index contributed by atoms with van der Waals surface area (Å²) < 4.78 is 11.2. The van der Waals surface area contributed by atoms with Gasteiger partial charge >= 0.3 is 0 Å². The van der Waals surface area contributed by atoms with Crippen molar-refractivity contribution in [3.05, 3.63) is 0 Å². The molecule has 4 heteroatoms. The fourth-order valence-corrected chi connectivity index (χ4v) is 4.49. The molecule has 0 aliphatic rings. The summed E-state index contributed by atoms with van der Waals surface area (Å²) in [6.45, 7) is 9.45. The molecule has 0 fully saturated rings. The first kappa shape index (κ1) is 14.4. The zero-order chi connectivity index (χ0) is 11.2. The lowest BCUT2D eigenvalue weighted by molar-refractivity contribution is -0.194. The number of hydrogen-bond acceptors (Lipinski definition) is 2. The van der Waals surface area contributed by atoms with E-state index in [2.05, 4.69) is 26.2 Å². The number of hydrogen-bond donors (Lipinski definition) is 0. The molecule has 0 aliphatic carbocycles. The van der Waals surface area contributed by atoms with E-state index in [4.69, 9.17) is 9.47 Å². The standard InChI is InChI=1S/C10H26O2Si2/c1-11-10(12-2,9-14(5)6)7-8-13(3)4/h13-14H,7-9H2,1-6H3. The molecule has 0 saturated heterocycles. The average molecular weight is 234 g/mol. The molecule has 0 saturated carbocycles. The van der Waals surface area contributed by atoms with Crippen LogP contribution < -0.4 is 0 Å². The van der Waals surface area contributed by atoms with E-state index in [9.17, 15) is 0 Å². The molecule has 0 bridgehead atoms. The SMILES string of the molecule is COC(CC[SiH](C)C)(C[SiH](C)C)OC. The van der Waals surface area contributed by atoms with Crippen LogP contribution in [0.3, 0.4) is 0 Å². The summed E-state index contributed by atoms with van der Waals surface area (Å²) in [7, 11) is 2.44. The largest absolute Gasteiger partial charge is 0.354 e. The molecule has 0 aromatic heterocycles. The maximum absolute atomic E-state index is 5.58. The van der Waals surface area contributed by atoms with Crippen molar-refractivity contribution in [3.63, 3.8) is 0 Å². The van der Waals surface area contributed by atoms with Gasteiger partial charge in [-0.2, -0.15) is 0 Å². The van der Waals surface area contributed by atoms with Gasteiger partial charge in [0.15, 0.2) is 5.79 Å². The molecule has 2 nitrogen and oxygen atoms in total. The summed E-state index contributed by atoms with van der Waals surface area (Å²) in [4.78, 5) is 0. The van der Waals surface area contributed by atoms with Crippen LogP contribution in [0.25, 0.3) is 0 Å². The van der Waals surface area contributed by atoms with E-state index >= 15 is 0 Å². The third-order valence-corrected chi connectivity index (χ3v) is 5.45. The van der Waals surface area contributed by atoms with Crippen LogP contribution in [-0.2, 0) is 9.47 Å². The van der Waals surface area contributed by atoms with Crippen LogP contribution in [0.2, 0.25) is 38.3 Å². The van der Waals surface area contributed by atoms with Gasteiger partial charge in [0.1, 0.15) is 0 Å². The second kappa shape index (κ2) is 6.77. The van der Waals surface area contributed by atoms with Crippen LogP contribution in [0.5, 0.6) is 0 Å². The zero-order valence-corrected chi connectivity index (χ0v) is 12.9. The van der Waals surface area contributed by atoms with E-state index in [-0.39, 0.29) is 5.79 Å². The zero-order valence-electron chi connectivity index (χ0n) is 10.6. The highest BCUT2D eigenvalue weighted by Gasteiger charge is 2.30. The van der Waals surface area contributed by atoms with Crippen molar-refractivity contribution in [3.8, 4) is 0 Å². The van der Waals surface area contributed by atoms with Gasteiger partial charge in [0, 0.05) is 31.8 Å². The fourth-order valence-electron chi connectivity index (χ4n) is 1.69. The van der Waals surface area contributed by atoms with Crippen molar-refractivity contribution in [1.82, 2.24) is 0 Å². The number of methoxy groups -OCH3 is 2. The van der Waals surface area contributed by atoms with E-state index in [0.29, 0.717) is 0 Å². The first-order valence-corrected chi connectivity index (χ1v) is 11.8. The minimum absolute atomic E-state index is 0.266. The maximum atomic E-state index is 5.58. The van der Waals surface area contributed by atoms with Gasteiger partial charge in [-0.3, -0.25) is 0 Å². The van der Waals surface area contributed by atoms with Gasteiger partial charge in [0.25, 0.3) is 0 Å². The lowest BCUT2D eigenvalue weighted by Gasteiger charge is -2.32. The highest BCUT2D eigenvalue weighted by molar-refractivity contribution is 6.56. The molecule has 0 N–H and O–H groups in total. The van der Waals surface area contributed by atoms with Gasteiger partial charge in [-0.05, 0) is 12.5 Å². The first-order chi connectivity index (χ1) is 6.45. The van der Waals surface area contributed by atoms with Gasteiger partial charge in [-0.1, -0.05) is 32.2 Å². The Bertz CT molecular complexity index is 145. The molecule has 86 valence electrons. The van der Waals surface area contributed by atoms with Crippen molar-refractivity contribution in [2.75, 3.05) is 14.2 Å². The van der Waals surface area contributed by atoms with Crippen molar-refractivity contribution in [2.45, 2.75) is 50.5 Å². The van der Waals surface area contributed by atoms with E-state index in [1.54, 1.807) is 14.2 Å². The molecule has 0 radical (unpaired) electrons. The second-order valence-electron chi connectivity index (χ2n) is 4.85.